The van der Waals surface area contributed by atoms with Crippen molar-refractivity contribution in [3.05, 3.63) is 54.4 Å². The Balaban J connectivity index is 2.09. The van der Waals surface area contributed by atoms with Crippen molar-refractivity contribution in [2.75, 3.05) is 12.3 Å². The molecule has 1 N–H and O–H groups in total. The highest BCUT2D eigenvalue weighted by Crippen LogP contribution is 2.20. The monoisotopic (exact) mass is 274 g/mol. The predicted molar refractivity (Wildman–Crippen MR) is 76.9 cm³/mol. The molecule has 1 heterocycles. The first-order valence-electron chi connectivity index (χ1n) is 5.87. The van der Waals surface area contributed by atoms with Gasteiger partial charge in [0.15, 0.2) is 0 Å². The number of carbonyl (C=O) groups excluding carboxylic acids is 1. The lowest BCUT2D eigenvalue weighted by Gasteiger charge is -2.07. The fourth-order valence-corrected chi connectivity index (χ4v) is 1.60. The van der Waals surface area contributed by atoms with Crippen LogP contribution >= 0.6 is 12.6 Å². The van der Waals surface area contributed by atoms with Gasteiger partial charge in [-0.05, 0) is 18.2 Å². The first kappa shape index (κ1) is 13.4. The lowest BCUT2D eigenvalue weighted by atomic mass is 10.3. The topological polar surface area (TPSA) is 51.2 Å². The normalized spacial score (nSPS) is 9.95. The third-order valence-electron chi connectivity index (χ3n) is 2.34. The summed E-state index contributed by atoms with van der Waals surface area (Å²) >= 11 is 4.03. The smallest absolute Gasteiger partial charge is 0.270 e. The minimum atomic E-state index is -0.229. The first-order valence-corrected chi connectivity index (χ1v) is 6.51. The third-order valence-corrected chi connectivity index (χ3v) is 2.56. The van der Waals surface area contributed by atoms with E-state index >= 15 is 0 Å². The minimum Gasteiger partial charge on any atom is -0.457 e. The number of nitrogens with zero attached hydrogens (tertiary/aromatic N) is 1. The largest absolute Gasteiger partial charge is 0.457 e. The van der Waals surface area contributed by atoms with Crippen LogP contribution in [0.5, 0.6) is 11.5 Å². The van der Waals surface area contributed by atoms with Crippen molar-refractivity contribution in [3.63, 3.8) is 0 Å². The second kappa shape index (κ2) is 6.80. The summed E-state index contributed by atoms with van der Waals surface area (Å²) in [5, 5.41) is 2.71. The molecule has 0 atom stereocenters. The number of hydrogen-bond donors (Lipinski definition) is 2. The Morgan fingerprint density at radius 1 is 1.21 bits per heavy atom. The van der Waals surface area contributed by atoms with E-state index in [1.807, 2.05) is 30.3 Å². The van der Waals surface area contributed by atoms with E-state index in [9.17, 15) is 4.79 Å². The van der Waals surface area contributed by atoms with Gasteiger partial charge in [0.1, 0.15) is 17.2 Å². The molecule has 2 rings (SSSR count). The number of aromatic nitrogens is 1. The van der Waals surface area contributed by atoms with Crippen molar-refractivity contribution in [1.29, 1.82) is 0 Å². The van der Waals surface area contributed by atoms with Gasteiger partial charge < -0.3 is 10.1 Å². The molecule has 0 aliphatic heterocycles. The number of para-hydroxylation sites is 1. The average molecular weight is 274 g/mol. The second-order valence-electron chi connectivity index (χ2n) is 3.77. The molecule has 0 saturated carbocycles. The molecule has 5 heteroatoms. The van der Waals surface area contributed by atoms with Crippen LogP contribution < -0.4 is 10.1 Å². The lowest BCUT2D eigenvalue weighted by Crippen LogP contribution is -2.26. The van der Waals surface area contributed by atoms with E-state index in [1.165, 1.54) is 0 Å². The summed E-state index contributed by atoms with van der Waals surface area (Å²) in [5.41, 5.74) is 0.329. The van der Waals surface area contributed by atoms with E-state index < -0.39 is 0 Å². The van der Waals surface area contributed by atoms with Gasteiger partial charge in [-0.15, -0.1) is 0 Å². The molecule has 0 fully saturated rings. The number of pyridine rings is 1. The molecule has 0 radical (unpaired) electrons. The quantitative estimate of drug-likeness (QED) is 0.824. The standard InChI is InChI=1S/C14H14N2O2S/c17-14(16-8-9-19)13-10-12(6-7-15-13)18-11-4-2-1-3-5-11/h1-7,10,19H,8-9H2,(H,16,17). The molecule has 1 amide bonds. The number of hydrogen-bond acceptors (Lipinski definition) is 4. The van der Waals surface area contributed by atoms with Gasteiger partial charge in [0.2, 0.25) is 0 Å². The Morgan fingerprint density at radius 3 is 2.74 bits per heavy atom. The Kier molecular flexibility index (Phi) is 4.80. The number of amides is 1. The number of carbonyl (C=O) groups is 1. The summed E-state index contributed by atoms with van der Waals surface area (Å²) in [5.74, 6) is 1.66. The fraction of sp³-hybridized carbons (Fsp3) is 0.143. The van der Waals surface area contributed by atoms with Crippen molar-refractivity contribution >= 4 is 18.5 Å². The highest BCUT2D eigenvalue weighted by Gasteiger charge is 2.07. The number of benzene rings is 1. The Hall–Kier alpha value is -2.01. The third kappa shape index (κ3) is 3.99. The lowest BCUT2D eigenvalue weighted by molar-refractivity contribution is 0.0951. The van der Waals surface area contributed by atoms with Gasteiger partial charge in [0.25, 0.3) is 5.91 Å². The van der Waals surface area contributed by atoms with Gasteiger partial charge >= 0.3 is 0 Å². The first-order chi connectivity index (χ1) is 9.29. The Morgan fingerprint density at radius 2 is 2.00 bits per heavy atom. The molecule has 1 aromatic heterocycles. The van der Waals surface area contributed by atoms with Crippen molar-refractivity contribution in [3.8, 4) is 11.5 Å². The van der Waals surface area contributed by atoms with Crippen LogP contribution in [0, 0.1) is 0 Å². The van der Waals surface area contributed by atoms with Crippen LogP contribution in [0.1, 0.15) is 10.5 Å². The highest BCUT2D eigenvalue weighted by atomic mass is 32.1. The summed E-state index contributed by atoms with van der Waals surface area (Å²) in [7, 11) is 0. The van der Waals surface area contributed by atoms with Crippen LogP contribution in [-0.2, 0) is 0 Å². The molecule has 1 aromatic carbocycles. The molecule has 98 valence electrons. The van der Waals surface area contributed by atoms with Crippen molar-refractivity contribution < 1.29 is 9.53 Å². The molecular formula is C14H14N2O2S. The van der Waals surface area contributed by atoms with Crippen LogP contribution in [-0.4, -0.2) is 23.2 Å². The van der Waals surface area contributed by atoms with E-state index in [4.69, 9.17) is 4.74 Å². The SMILES string of the molecule is O=C(NCCS)c1cc(Oc2ccccc2)ccn1. The van der Waals surface area contributed by atoms with Gasteiger partial charge in [0.05, 0.1) is 0 Å². The van der Waals surface area contributed by atoms with Gasteiger partial charge in [-0.2, -0.15) is 12.6 Å². The zero-order chi connectivity index (χ0) is 13.5. The van der Waals surface area contributed by atoms with Crippen LogP contribution in [0.25, 0.3) is 0 Å². The fourth-order valence-electron chi connectivity index (χ4n) is 1.48. The molecule has 0 aliphatic carbocycles. The minimum absolute atomic E-state index is 0.229. The van der Waals surface area contributed by atoms with Crippen LogP contribution in [0.3, 0.4) is 0 Å². The average Bonchev–Trinajstić information content (AvgIpc) is 2.46. The number of rotatable bonds is 5. The molecule has 4 nitrogen and oxygen atoms in total. The van der Waals surface area contributed by atoms with Crippen molar-refractivity contribution in [2.45, 2.75) is 0 Å². The highest BCUT2D eigenvalue weighted by molar-refractivity contribution is 7.80. The summed E-state index contributed by atoms with van der Waals surface area (Å²) < 4.78 is 5.64. The summed E-state index contributed by atoms with van der Waals surface area (Å²) in [6.07, 6.45) is 1.55. The van der Waals surface area contributed by atoms with Gasteiger partial charge in [-0.3, -0.25) is 9.78 Å². The number of ether oxygens (including phenoxy) is 1. The molecule has 0 spiro atoms. The maximum atomic E-state index is 11.7. The molecule has 0 saturated heterocycles. The molecular weight excluding hydrogens is 260 g/mol. The van der Waals surface area contributed by atoms with Gasteiger partial charge in [0, 0.05) is 24.6 Å². The van der Waals surface area contributed by atoms with E-state index in [0.29, 0.717) is 23.7 Å². The molecule has 2 aromatic rings. The van der Waals surface area contributed by atoms with Gasteiger partial charge in [-0.25, -0.2) is 0 Å². The van der Waals surface area contributed by atoms with E-state index in [1.54, 1.807) is 18.3 Å². The molecule has 0 aliphatic rings. The number of thiol groups is 1. The maximum Gasteiger partial charge on any atom is 0.270 e. The van der Waals surface area contributed by atoms with E-state index in [0.717, 1.165) is 5.75 Å². The zero-order valence-corrected chi connectivity index (χ0v) is 11.1. The Labute approximate surface area is 117 Å². The van der Waals surface area contributed by atoms with Crippen LogP contribution in [0.4, 0.5) is 0 Å². The Bertz CT molecular complexity index is 546. The van der Waals surface area contributed by atoms with Gasteiger partial charge in [-0.1, -0.05) is 18.2 Å². The van der Waals surface area contributed by atoms with Crippen molar-refractivity contribution in [2.24, 2.45) is 0 Å². The number of nitrogens with one attached hydrogen (secondary N) is 1. The summed E-state index contributed by atoms with van der Waals surface area (Å²) in [6.45, 7) is 0.507. The zero-order valence-electron chi connectivity index (χ0n) is 10.2. The predicted octanol–water partition coefficient (Wildman–Crippen LogP) is 2.53. The molecule has 19 heavy (non-hydrogen) atoms. The summed E-state index contributed by atoms with van der Waals surface area (Å²) in [4.78, 5) is 15.8. The maximum absolute atomic E-state index is 11.7. The summed E-state index contributed by atoms with van der Waals surface area (Å²) in [6, 6.07) is 12.7. The van der Waals surface area contributed by atoms with Crippen molar-refractivity contribution in [1.82, 2.24) is 10.3 Å². The second-order valence-corrected chi connectivity index (χ2v) is 4.22. The molecule has 0 unspecified atom stereocenters. The van der Waals surface area contributed by atoms with E-state index in [-0.39, 0.29) is 5.91 Å². The van der Waals surface area contributed by atoms with Crippen LogP contribution in [0.2, 0.25) is 0 Å². The van der Waals surface area contributed by atoms with Crippen LogP contribution in [0.15, 0.2) is 48.7 Å². The van der Waals surface area contributed by atoms with E-state index in [2.05, 4.69) is 22.9 Å². The molecule has 0 bridgehead atoms.